The first-order valence-electron chi connectivity index (χ1n) is 12.4. The van der Waals surface area contributed by atoms with Crippen LogP contribution in [0.2, 0.25) is 0 Å². The molecule has 0 saturated carbocycles. The summed E-state index contributed by atoms with van der Waals surface area (Å²) in [5, 5.41) is 30.1. The molecule has 0 aliphatic carbocycles. The predicted octanol–water partition coefficient (Wildman–Crippen LogP) is 4.20. The molecular weight excluding hydrogens is 460 g/mol. The first-order chi connectivity index (χ1) is 18.1. The van der Waals surface area contributed by atoms with Crippen LogP contribution in [0.25, 0.3) is 5.57 Å². The van der Waals surface area contributed by atoms with E-state index in [0.29, 0.717) is 5.70 Å². The number of dihydropyridines is 1. The number of piperazine rings is 1. The Labute approximate surface area is 218 Å². The maximum Gasteiger partial charge on any atom is 0.128 e. The first-order valence-corrected chi connectivity index (χ1v) is 12.4. The highest BCUT2D eigenvalue weighted by molar-refractivity contribution is 5.93. The van der Waals surface area contributed by atoms with Gasteiger partial charge in [0.25, 0.3) is 0 Å². The van der Waals surface area contributed by atoms with Crippen LogP contribution in [-0.4, -0.2) is 54.0 Å². The number of anilines is 1. The van der Waals surface area contributed by atoms with Gasteiger partial charge in [-0.2, -0.15) is 5.26 Å². The topological polar surface area (TPSA) is 99.3 Å². The summed E-state index contributed by atoms with van der Waals surface area (Å²) in [4.78, 5) is 9.36. The van der Waals surface area contributed by atoms with Crippen LogP contribution in [0.1, 0.15) is 18.1 Å². The number of nitrogens with one attached hydrogen (secondary N) is 2. The largest absolute Gasteiger partial charge is 0.392 e. The number of allylic oxidation sites excluding steroid dienone is 5. The Hall–Kier alpha value is -4.41. The monoisotopic (exact) mass is 492 g/mol. The molecule has 37 heavy (non-hydrogen) atoms. The highest BCUT2D eigenvalue weighted by atomic mass is 16.3. The maximum absolute atomic E-state index is 9.72. The van der Waals surface area contributed by atoms with Crippen LogP contribution >= 0.6 is 0 Å². The molecule has 0 spiro atoms. The lowest BCUT2D eigenvalue weighted by Crippen LogP contribution is -2.46. The molecule has 0 radical (unpaired) electrons. The van der Waals surface area contributed by atoms with Crippen molar-refractivity contribution in [3.8, 4) is 6.07 Å². The predicted molar refractivity (Wildman–Crippen MR) is 149 cm³/mol. The van der Waals surface area contributed by atoms with Gasteiger partial charge in [-0.05, 0) is 41.8 Å². The molecule has 0 amide bonds. The molecule has 188 valence electrons. The van der Waals surface area contributed by atoms with Gasteiger partial charge in [-0.15, -0.1) is 0 Å². The second-order valence-electron chi connectivity index (χ2n) is 8.93. The molecule has 4 rings (SSSR count). The highest BCUT2D eigenvalue weighted by Gasteiger charge is 2.21. The Morgan fingerprint density at radius 1 is 1.19 bits per heavy atom. The number of hydrogen-bond acceptors (Lipinski definition) is 7. The molecule has 2 aliphatic rings. The first kappa shape index (κ1) is 25.7. The summed E-state index contributed by atoms with van der Waals surface area (Å²) >= 11 is 0. The van der Waals surface area contributed by atoms with Crippen LogP contribution in [0.3, 0.4) is 0 Å². The summed E-state index contributed by atoms with van der Waals surface area (Å²) in [6, 6.07) is 16.5. The van der Waals surface area contributed by atoms with E-state index in [1.807, 2.05) is 37.3 Å². The van der Waals surface area contributed by atoms with Crippen LogP contribution in [0.4, 0.5) is 5.82 Å². The van der Waals surface area contributed by atoms with E-state index in [-0.39, 0.29) is 12.2 Å². The molecule has 0 bridgehead atoms. The zero-order chi connectivity index (χ0) is 26.2. The molecule has 2 aromatic rings. The number of aromatic nitrogens is 1. The Kier molecular flexibility index (Phi) is 8.34. The van der Waals surface area contributed by atoms with Crippen molar-refractivity contribution < 1.29 is 5.11 Å². The number of nitrogens with zero attached hydrogens (tertiary/aromatic N) is 4. The number of hydrogen-bond donors (Lipinski definition) is 3. The van der Waals surface area contributed by atoms with Crippen LogP contribution in [0.15, 0.2) is 102 Å². The fourth-order valence-electron chi connectivity index (χ4n) is 4.57. The number of aliphatic hydroxyl groups is 1. The maximum atomic E-state index is 9.72. The average Bonchev–Trinajstić information content (AvgIpc) is 2.95. The van der Waals surface area contributed by atoms with Crippen LogP contribution in [-0.2, 0) is 6.42 Å². The fraction of sp³-hybridized carbons (Fsp3) is 0.233. The Morgan fingerprint density at radius 2 is 1.95 bits per heavy atom. The zero-order valence-electron chi connectivity index (χ0n) is 21.1. The molecule has 0 unspecified atom stereocenters. The SMILES string of the molecule is C=C(Cc1ccccc1)N1CCN(c2ccc(C3=CC(/C(=C/C)CO)=CN/C3=C(/C#N)C=N)cn2)CC1. The van der Waals surface area contributed by atoms with E-state index in [1.165, 1.54) is 5.56 Å². The molecule has 7 nitrogen and oxygen atoms in total. The van der Waals surface area contributed by atoms with Crippen LogP contribution in [0.5, 0.6) is 0 Å². The van der Waals surface area contributed by atoms with Crippen molar-refractivity contribution in [2.75, 3.05) is 37.7 Å². The summed E-state index contributed by atoms with van der Waals surface area (Å²) in [7, 11) is 0. The van der Waals surface area contributed by atoms with Crippen molar-refractivity contribution in [2.45, 2.75) is 13.3 Å². The second kappa shape index (κ2) is 12.0. The quantitative estimate of drug-likeness (QED) is 0.377. The van der Waals surface area contributed by atoms with Gasteiger partial charge in [-0.3, -0.25) is 0 Å². The lowest BCUT2D eigenvalue weighted by Gasteiger charge is -2.37. The van der Waals surface area contributed by atoms with Gasteiger partial charge in [0, 0.05) is 68.0 Å². The molecule has 3 N–H and O–H groups in total. The normalized spacial score (nSPS) is 17.3. The Morgan fingerprint density at radius 3 is 2.54 bits per heavy atom. The number of pyridine rings is 1. The van der Waals surface area contributed by atoms with Crippen molar-refractivity contribution >= 4 is 17.6 Å². The third-order valence-electron chi connectivity index (χ3n) is 6.73. The third-order valence-corrected chi connectivity index (χ3v) is 6.73. The summed E-state index contributed by atoms with van der Waals surface area (Å²) in [5.41, 5.74) is 6.36. The van der Waals surface area contributed by atoms with Gasteiger partial charge in [0.15, 0.2) is 0 Å². The molecule has 1 saturated heterocycles. The van der Waals surface area contributed by atoms with E-state index >= 15 is 0 Å². The van der Waals surface area contributed by atoms with E-state index in [1.54, 1.807) is 12.4 Å². The summed E-state index contributed by atoms with van der Waals surface area (Å²) < 4.78 is 0. The molecule has 1 fully saturated rings. The summed E-state index contributed by atoms with van der Waals surface area (Å²) in [6.45, 7) is 9.59. The van der Waals surface area contributed by atoms with Crippen molar-refractivity contribution in [3.05, 3.63) is 113 Å². The van der Waals surface area contributed by atoms with Crippen molar-refractivity contribution in [3.63, 3.8) is 0 Å². The number of rotatable bonds is 8. The minimum atomic E-state index is -0.0938. The number of nitriles is 1. The van der Waals surface area contributed by atoms with E-state index in [2.05, 4.69) is 52.0 Å². The van der Waals surface area contributed by atoms with E-state index in [0.717, 1.165) is 72.6 Å². The van der Waals surface area contributed by atoms with Gasteiger partial charge in [-0.25, -0.2) is 4.98 Å². The number of aliphatic hydroxyl groups excluding tert-OH is 1. The smallest absolute Gasteiger partial charge is 0.128 e. The molecule has 7 heteroatoms. The van der Waals surface area contributed by atoms with Crippen molar-refractivity contribution in [1.82, 2.24) is 15.2 Å². The third kappa shape index (κ3) is 5.88. The van der Waals surface area contributed by atoms with E-state index < -0.39 is 0 Å². The summed E-state index contributed by atoms with van der Waals surface area (Å²) in [6.07, 6.45) is 9.23. The van der Waals surface area contributed by atoms with E-state index in [4.69, 9.17) is 10.4 Å². The molecule has 0 atom stereocenters. The fourth-order valence-corrected chi connectivity index (χ4v) is 4.57. The van der Waals surface area contributed by atoms with Gasteiger partial charge in [0.2, 0.25) is 0 Å². The van der Waals surface area contributed by atoms with Crippen molar-refractivity contribution in [1.29, 1.82) is 10.7 Å². The minimum absolute atomic E-state index is 0.0938. The second-order valence-corrected chi connectivity index (χ2v) is 8.93. The van der Waals surface area contributed by atoms with Crippen molar-refractivity contribution in [2.24, 2.45) is 0 Å². The highest BCUT2D eigenvalue weighted by Crippen LogP contribution is 2.31. The van der Waals surface area contributed by atoms with Gasteiger partial charge < -0.3 is 25.6 Å². The van der Waals surface area contributed by atoms with Gasteiger partial charge >= 0.3 is 0 Å². The van der Waals surface area contributed by atoms with E-state index in [9.17, 15) is 10.4 Å². The minimum Gasteiger partial charge on any atom is -0.392 e. The van der Waals surface area contributed by atoms with Crippen LogP contribution < -0.4 is 10.2 Å². The summed E-state index contributed by atoms with van der Waals surface area (Å²) in [5.74, 6) is 0.903. The lowest BCUT2D eigenvalue weighted by molar-refractivity contribution is 0.316. The molecule has 1 aromatic carbocycles. The molecule has 3 heterocycles. The molecule has 2 aliphatic heterocycles. The van der Waals surface area contributed by atoms with Gasteiger partial charge in [0.1, 0.15) is 11.9 Å². The lowest BCUT2D eigenvalue weighted by atomic mass is 9.93. The molecular formula is C30H32N6O. The van der Waals surface area contributed by atoms with Gasteiger partial charge in [-0.1, -0.05) is 43.0 Å². The van der Waals surface area contributed by atoms with Gasteiger partial charge in [0.05, 0.1) is 17.9 Å². The zero-order valence-corrected chi connectivity index (χ0v) is 21.1. The number of benzene rings is 1. The standard InChI is InChI=1S/C30H32N6O/c1-3-24(21-37)26-16-28(30(34-20-26)27(17-31)18-32)25-9-10-29(33-19-25)36-13-11-35(12-14-36)22(2)15-23-7-5-4-6-8-23/h3-10,16-17,19-20,31,34,37H,2,11-15,21H2,1H3/b24-3+,30-27+,31-17?. The molecule has 1 aromatic heterocycles. The van der Waals surface area contributed by atoms with Crippen LogP contribution in [0, 0.1) is 16.7 Å². The Bertz CT molecular complexity index is 1300. The average molecular weight is 493 g/mol. The Balaban J connectivity index is 1.48.